The lowest BCUT2D eigenvalue weighted by atomic mass is 10.1. The highest BCUT2D eigenvalue weighted by atomic mass is 32.3. The lowest BCUT2D eigenvalue weighted by molar-refractivity contribution is -0.145. The van der Waals surface area contributed by atoms with Crippen molar-refractivity contribution in [1.29, 1.82) is 0 Å². The topological polar surface area (TPSA) is 153 Å². The molecule has 10 nitrogen and oxygen atoms in total. The van der Waals surface area contributed by atoms with Crippen LogP contribution in [0.4, 0.5) is 0 Å². The maximum absolute atomic E-state index is 12.6. The zero-order chi connectivity index (χ0) is 22.7. The molecule has 2 rings (SSSR count). The van der Waals surface area contributed by atoms with Crippen molar-refractivity contribution < 1.29 is 36.0 Å². The fourth-order valence-electron chi connectivity index (χ4n) is 2.93. The first-order valence-corrected chi connectivity index (χ1v) is 13.0. The summed E-state index contributed by atoms with van der Waals surface area (Å²) in [5, 5.41) is 2.49. The molecule has 0 bridgehead atoms. The summed E-state index contributed by atoms with van der Waals surface area (Å²) in [6.07, 6.45) is -0.403. The summed E-state index contributed by atoms with van der Waals surface area (Å²) in [5.41, 5.74) is 0.379. The molecule has 0 saturated heterocycles. The van der Waals surface area contributed by atoms with E-state index in [1.807, 2.05) is 11.6 Å². The van der Waals surface area contributed by atoms with Crippen LogP contribution in [0.15, 0.2) is 14.5 Å². The number of hydrogen-bond donors (Lipinski definition) is 2. The molecule has 1 aromatic heterocycles. The first-order chi connectivity index (χ1) is 13.9. The number of Topliss-reactive ketones (excluding diaryl/α,β-unsaturated/α-hetero) is 1. The van der Waals surface area contributed by atoms with Gasteiger partial charge in [0.2, 0.25) is 5.91 Å². The maximum Gasteiger partial charge on any atom is 0.303 e. The number of rotatable bonds is 9. The molecule has 0 spiro atoms. The summed E-state index contributed by atoms with van der Waals surface area (Å²) in [6, 6.07) is 0.969. The Morgan fingerprint density at radius 3 is 2.53 bits per heavy atom. The number of ether oxygens (including phenoxy) is 1. The number of carbonyl (C=O) groups excluding carboxylic acids is 3. The van der Waals surface area contributed by atoms with E-state index >= 15 is 0 Å². The summed E-state index contributed by atoms with van der Waals surface area (Å²) in [7, 11) is -7.96. The third-order valence-electron chi connectivity index (χ3n) is 4.46. The Balaban J connectivity index is 2.15. The van der Waals surface area contributed by atoms with Gasteiger partial charge < -0.3 is 10.1 Å². The zero-order valence-corrected chi connectivity index (χ0v) is 19.2. The molecule has 2 heterocycles. The van der Waals surface area contributed by atoms with E-state index in [0.29, 0.717) is 29.9 Å². The molecule has 0 aliphatic carbocycles. The van der Waals surface area contributed by atoms with E-state index in [-0.39, 0.29) is 20.9 Å². The minimum Gasteiger partial charge on any atom is -0.458 e. The number of thiophene rings is 1. The van der Waals surface area contributed by atoms with Crippen molar-refractivity contribution >= 4 is 48.9 Å². The Labute approximate surface area is 179 Å². The summed E-state index contributed by atoms with van der Waals surface area (Å²) < 4.78 is 56.5. The Bertz CT molecular complexity index is 1040. The van der Waals surface area contributed by atoms with Gasteiger partial charge >= 0.3 is 5.97 Å². The number of esters is 1. The molecule has 1 aliphatic rings. The molecule has 0 fully saturated rings. The van der Waals surface area contributed by atoms with E-state index in [2.05, 4.69) is 10.1 Å². The van der Waals surface area contributed by atoms with Crippen LogP contribution < -0.4 is 10.0 Å². The highest BCUT2D eigenvalue weighted by Crippen LogP contribution is 2.42. The molecule has 0 unspecified atom stereocenters. The summed E-state index contributed by atoms with van der Waals surface area (Å²) >= 11 is 0.605. The normalized spacial score (nSPS) is 20.2. The minimum atomic E-state index is -4.30. The largest absolute Gasteiger partial charge is 0.458 e. The summed E-state index contributed by atoms with van der Waals surface area (Å²) in [5.74, 6) is -2.09. The third kappa shape index (κ3) is 5.65. The highest BCUT2D eigenvalue weighted by Gasteiger charge is 2.39. The van der Waals surface area contributed by atoms with Crippen LogP contribution >= 0.6 is 11.3 Å². The van der Waals surface area contributed by atoms with E-state index in [1.54, 1.807) is 6.92 Å². The number of carbonyl (C=O) groups is 3. The Morgan fingerprint density at radius 2 is 1.93 bits per heavy atom. The average Bonchev–Trinajstić information content (AvgIpc) is 3.10. The van der Waals surface area contributed by atoms with E-state index in [9.17, 15) is 31.2 Å². The SMILES string of the molecule is CCN[C@H]1C[C@H](C)S(=O)(=O)c2sc(S(=O)(=O)NC(=O)CCC(=O)COC(C)=O)cc21. The van der Waals surface area contributed by atoms with Crippen molar-refractivity contribution in [1.82, 2.24) is 10.0 Å². The lowest BCUT2D eigenvalue weighted by Crippen LogP contribution is -2.33. The molecule has 0 aromatic carbocycles. The van der Waals surface area contributed by atoms with Crippen LogP contribution in [0.2, 0.25) is 0 Å². The molecule has 2 atom stereocenters. The fourth-order valence-corrected chi connectivity index (χ4v) is 7.94. The van der Waals surface area contributed by atoms with Gasteiger partial charge in [-0.15, -0.1) is 11.3 Å². The molecule has 13 heteroatoms. The van der Waals surface area contributed by atoms with Gasteiger partial charge in [0.25, 0.3) is 10.0 Å². The molecule has 0 saturated carbocycles. The van der Waals surface area contributed by atoms with E-state index < -0.39 is 55.8 Å². The standard InChI is InChI=1S/C17H24N2O8S3/c1-4-18-14-7-10(2)29(23,24)17-13(14)8-16(28-17)30(25,26)19-15(22)6-5-12(21)9-27-11(3)20/h8,10,14,18H,4-7,9H2,1-3H3,(H,19,22)/t10-,14-/m0/s1. The predicted molar refractivity (Wildman–Crippen MR) is 108 cm³/mol. The van der Waals surface area contributed by atoms with Crippen LogP contribution in [0.25, 0.3) is 0 Å². The average molecular weight is 481 g/mol. The summed E-state index contributed by atoms with van der Waals surface area (Å²) in [6.45, 7) is 4.65. The maximum atomic E-state index is 12.6. The van der Waals surface area contributed by atoms with Gasteiger partial charge in [0.15, 0.2) is 15.6 Å². The van der Waals surface area contributed by atoms with E-state index in [0.717, 1.165) is 6.92 Å². The van der Waals surface area contributed by atoms with Crippen LogP contribution in [-0.4, -0.2) is 52.9 Å². The number of hydrogen-bond acceptors (Lipinski definition) is 10. The van der Waals surface area contributed by atoms with Gasteiger partial charge in [-0.2, -0.15) is 0 Å². The van der Waals surface area contributed by atoms with Crippen molar-refractivity contribution in [2.45, 2.75) is 59.7 Å². The molecular weight excluding hydrogens is 456 g/mol. The van der Waals surface area contributed by atoms with Crippen LogP contribution in [0.3, 0.4) is 0 Å². The Morgan fingerprint density at radius 1 is 1.27 bits per heavy atom. The molecule has 0 radical (unpaired) electrons. The number of nitrogens with one attached hydrogen (secondary N) is 2. The second-order valence-corrected chi connectivity index (χ2v) is 12.4. The predicted octanol–water partition coefficient (Wildman–Crippen LogP) is 0.682. The second kappa shape index (κ2) is 9.54. The number of ketones is 1. The smallest absolute Gasteiger partial charge is 0.303 e. The van der Waals surface area contributed by atoms with E-state index in [1.165, 1.54) is 6.07 Å². The van der Waals surface area contributed by atoms with Crippen LogP contribution in [0.1, 0.15) is 51.6 Å². The van der Waals surface area contributed by atoms with E-state index in [4.69, 9.17) is 0 Å². The Kier molecular flexibility index (Phi) is 7.77. The minimum absolute atomic E-state index is 0.0171. The molecule has 168 valence electrons. The second-order valence-electron chi connectivity index (χ2n) is 6.86. The van der Waals surface area contributed by atoms with Gasteiger partial charge in [0.1, 0.15) is 15.0 Å². The first kappa shape index (κ1) is 24.4. The molecule has 2 N–H and O–H groups in total. The van der Waals surface area contributed by atoms with Crippen molar-refractivity contribution in [3.05, 3.63) is 11.6 Å². The van der Waals surface area contributed by atoms with Gasteiger partial charge in [0.05, 0.1) is 5.25 Å². The quantitative estimate of drug-likeness (QED) is 0.486. The van der Waals surface area contributed by atoms with Crippen molar-refractivity contribution in [3.63, 3.8) is 0 Å². The zero-order valence-electron chi connectivity index (χ0n) is 16.8. The fraction of sp³-hybridized carbons (Fsp3) is 0.588. The molecular formula is C17H24N2O8S3. The summed E-state index contributed by atoms with van der Waals surface area (Å²) in [4.78, 5) is 34.2. The number of sulfonamides is 1. The van der Waals surface area contributed by atoms with Crippen LogP contribution in [0.5, 0.6) is 0 Å². The van der Waals surface area contributed by atoms with Gasteiger partial charge in [-0.1, -0.05) is 6.92 Å². The molecule has 30 heavy (non-hydrogen) atoms. The molecule has 1 aliphatic heterocycles. The number of sulfone groups is 1. The highest BCUT2D eigenvalue weighted by molar-refractivity contribution is 7.95. The van der Waals surface area contributed by atoms with Gasteiger partial charge in [-0.25, -0.2) is 21.6 Å². The Hall–Kier alpha value is -1.83. The molecule has 1 amide bonds. The molecule has 1 aromatic rings. The van der Waals surface area contributed by atoms with Crippen molar-refractivity contribution in [2.75, 3.05) is 13.2 Å². The van der Waals surface area contributed by atoms with Crippen molar-refractivity contribution in [3.8, 4) is 0 Å². The van der Waals surface area contributed by atoms with Gasteiger partial charge in [-0.05, 0) is 26.0 Å². The van der Waals surface area contributed by atoms with Crippen LogP contribution in [-0.2, 0) is 39.0 Å². The first-order valence-electron chi connectivity index (χ1n) is 9.20. The number of amides is 1. The number of fused-ring (bicyclic) bond motifs is 1. The van der Waals surface area contributed by atoms with Crippen molar-refractivity contribution in [2.24, 2.45) is 0 Å². The monoisotopic (exact) mass is 480 g/mol. The van der Waals surface area contributed by atoms with Gasteiger partial charge in [0, 0.05) is 31.4 Å². The van der Waals surface area contributed by atoms with Gasteiger partial charge in [-0.3, -0.25) is 14.4 Å². The van der Waals surface area contributed by atoms with Crippen LogP contribution in [0, 0.1) is 0 Å². The lowest BCUT2D eigenvalue weighted by Gasteiger charge is -2.27. The third-order valence-corrected chi connectivity index (χ3v) is 10.2.